The van der Waals surface area contributed by atoms with Crippen LogP contribution in [-0.4, -0.2) is 15.2 Å². The Kier molecular flexibility index (Phi) is 4.08. The number of carbonyl (C=O) groups excluding carboxylic acids is 1. The van der Waals surface area contributed by atoms with E-state index < -0.39 is 0 Å². The molecule has 0 amide bonds. The van der Waals surface area contributed by atoms with Crippen LogP contribution in [-0.2, 0) is 0 Å². The molecular formula is C25H24N2OS. The molecule has 0 atom stereocenters. The van der Waals surface area contributed by atoms with Crippen LogP contribution in [0.4, 0.5) is 0 Å². The van der Waals surface area contributed by atoms with Crippen LogP contribution in [0.5, 0.6) is 0 Å². The Morgan fingerprint density at radius 3 is 2.55 bits per heavy atom. The van der Waals surface area contributed by atoms with Crippen molar-refractivity contribution in [1.29, 1.82) is 0 Å². The molecule has 0 radical (unpaired) electrons. The van der Waals surface area contributed by atoms with Gasteiger partial charge in [0.15, 0.2) is 5.78 Å². The predicted octanol–water partition coefficient (Wildman–Crippen LogP) is 6.58. The first-order valence-electron chi connectivity index (χ1n) is 10.8. The Morgan fingerprint density at radius 1 is 0.966 bits per heavy atom. The van der Waals surface area contributed by atoms with Gasteiger partial charge in [-0.1, -0.05) is 24.3 Å². The van der Waals surface area contributed by atoms with Crippen LogP contribution in [0.1, 0.15) is 71.3 Å². The zero-order valence-electron chi connectivity index (χ0n) is 16.4. The Morgan fingerprint density at radius 2 is 1.76 bits per heavy atom. The number of nitrogens with zero attached hydrogens (tertiary/aromatic N) is 2. The van der Waals surface area contributed by atoms with Crippen LogP contribution in [0, 0.1) is 5.92 Å². The zero-order chi connectivity index (χ0) is 19.4. The number of ketones is 1. The van der Waals surface area contributed by atoms with E-state index in [1.165, 1.54) is 33.4 Å². The van der Waals surface area contributed by atoms with Crippen molar-refractivity contribution in [2.45, 2.75) is 50.4 Å². The first kappa shape index (κ1) is 17.4. The highest BCUT2D eigenvalue weighted by atomic mass is 32.1. The van der Waals surface area contributed by atoms with Gasteiger partial charge < -0.3 is 0 Å². The number of carbonyl (C=O) groups is 1. The van der Waals surface area contributed by atoms with Gasteiger partial charge >= 0.3 is 0 Å². The highest BCUT2D eigenvalue weighted by Gasteiger charge is 2.34. The molecule has 0 aliphatic heterocycles. The summed E-state index contributed by atoms with van der Waals surface area (Å²) in [5.74, 6) is 1.65. The Labute approximate surface area is 174 Å². The molecule has 0 saturated heterocycles. The van der Waals surface area contributed by atoms with Gasteiger partial charge in [-0.25, -0.2) is 4.98 Å². The number of rotatable bonds is 4. The van der Waals surface area contributed by atoms with E-state index in [9.17, 15) is 4.79 Å². The molecule has 146 valence electrons. The molecule has 0 N–H and O–H groups in total. The van der Waals surface area contributed by atoms with Crippen LogP contribution < -0.4 is 0 Å². The summed E-state index contributed by atoms with van der Waals surface area (Å²) in [6.45, 7) is 0. The van der Waals surface area contributed by atoms with Crippen molar-refractivity contribution >= 4 is 32.7 Å². The Hall–Kier alpha value is -2.46. The van der Waals surface area contributed by atoms with Gasteiger partial charge in [0.05, 0.1) is 23.7 Å². The van der Waals surface area contributed by atoms with Gasteiger partial charge in [0.1, 0.15) is 0 Å². The highest BCUT2D eigenvalue weighted by Crippen LogP contribution is 2.45. The van der Waals surface area contributed by atoms with Gasteiger partial charge in [-0.3, -0.25) is 9.20 Å². The lowest BCUT2D eigenvalue weighted by atomic mass is 9.78. The van der Waals surface area contributed by atoms with Crippen molar-refractivity contribution < 1.29 is 4.79 Å². The molecule has 3 nitrogen and oxygen atoms in total. The summed E-state index contributed by atoms with van der Waals surface area (Å²) >= 11 is 1.93. The number of fused-ring (bicyclic) bond motifs is 2. The molecule has 3 aromatic heterocycles. The van der Waals surface area contributed by atoms with Crippen molar-refractivity contribution in [1.82, 2.24) is 9.38 Å². The minimum absolute atomic E-state index is 0.145. The maximum absolute atomic E-state index is 13.6. The third-order valence-corrected chi connectivity index (χ3v) is 8.09. The lowest BCUT2D eigenvalue weighted by Gasteiger charge is -2.27. The SMILES string of the molecule is O=C(c1c(C2CC2)ccc2cncn12)C1CCC(c2cc3ccccc3s2)CC1. The Bertz CT molecular complexity index is 1180. The predicted molar refractivity (Wildman–Crippen MR) is 118 cm³/mol. The summed E-state index contributed by atoms with van der Waals surface area (Å²) < 4.78 is 3.41. The van der Waals surface area contributed by atoms with Crippen molar-refractivity contribution in [3.05, 3.63) is 71.1 Å². The van der Waals surface area contributed by atoms with E-state index in [0.717, 1.165) is 36.9 Å². The average molecular weight is 401 g/mol. The maximum Gasteiger partial charge on any atom is 0.182 e. The summed E-state index contributed by atoms with van der Waals surface area (Å²) in [7, 11) is 0. The molecule has 2 fully saturated rings. The first-order chi connectivity index (χ1) is 14.3. The van der Waals surface area contributed by atoms with Gasteiger partial charge in [-0.05, 0) is 79.5 Å². The normalized spacial score (nSPS) is 22.3. The van der Waals surface area contributed by atoms with Gasteiger partial charge in [0.25, 0.3) is 0 Å². The first-order valence-corrected chi connectivity index (χ1v) is 11.6. The number of thiophene rings is 1. The molecule has 0 spiro atoms. The molecule has 4 heteroatoms. The average Bonchev–Trinajstić information content (AvgIpc) is 3.33. The fourth-order valence-corrected chi connectivity index (χ4v) is 6.26. The fraction of sp³-hybridized carbons (Fsp3) is 0.360. The minimum atomic E-state index is 0.145. The second-order valence-electron chi connectivity index (χ2n) is 8.70. The molecule has 2 saturated carbocycles. The van der Waals surface area contributed by atoms with E-state index in [-0.39, 0.29) is 5.92 Å². The van der Waals surface area contributed by atoms with Gasteiger partial charge in [0.2, 0.25) is 0 Å². The lowest BCUT2D eigenvalue weighted by Crippen LogP contribution is -2.24. The molecule has 29 heavy (non-hydrogen) atoms. The number of aromatic nitrogens is 2. The lowest BCUT2D eigenvalue weighted by molar-refractivity contribution is 0.0876. The molecule has 6 rings (SSSR count). The van der Waals surface area contributed by atoms with Gasteiger partial charge in [-0.2, -0.15) is 0 Å². The van der Waals surface area contributed by atoms with Crippen LogP contribution in [0.3, 0.4) is 0 Å². The summed E-state index contributed by atoms with van der Waals surface area (Å²) in [6.07, 6.45) is 10.3. The minimum Gasteiger partial charge on any atom is -0.296 e. The summed E-state index contributed by atoms with van der Waals surface area (Å²) in [5.41, 5.74) is 3.18. The van der Waals surface area contributed by atoms with Crippen LogP contribution in [0.2, 0.25) is 0 Å². The largest absolute Gasteiger partial charge is 0.296 e. The molecule has 0 unspecified atom stereocenters. The van der Waals surface area contributed by atoms with E-state index in [1.54, 1.807) is 0 Å². The Balaban J connectivity index is 1.25. The van der Waals surface area contributed by atoms with Crippen LogP contribution >= 0.6 is 11.3 Å². The quantitative estimate of drug-likeness (QED) is 0.362. The van der Waals surface area contributed by atoms with Crippen molar-refractivity contribution in [3.8, 4) is 0 Å². The van der Waals surface area contributed by atoms with Gasteiger partial charge in [-0.15, -0.1) is 11.3 Å². The van der Waals surface area contributed by atoms with E-state index >= 15 is 0 Å². The number of pyridine rings is 1. The van der Waals surface area contributed by atoms with E-state index in [0.29, 0.717) is 17.6 Å². The summed E-state index contributed by atoms with van der Waals surface area (Å²) in [5, 5.41) is 1.35. The second kappa shape index (κ2) is 6.81. The number of benzene rings is 1. The zero-order valence-corrected chi connectivity index (χ0v) is 17.2. The maximum atomic E-state index is 13.6. The van der Waals surface area contributed by atoms with Crippen LogP contribution in [0.25, 0.3) is 15.6 Å². The molecule has 1 aromatic carbocycles. The van der Waals surface area contributed by atoms with Crippen LogP contribution in [0.15, 0.2) is 55.0 Å². The monoisotopic (exact) mass is 400 g/mol. The third kappa shape index (κ3) is 3.01. The van der Waals surface area contributed by atoms with E-state index in [4.69, 9.17) is 0 Å². The summed E-state index contributed by atoms with van der Waals surface area (Å²) in [6, 6.07) is 15.3. The molecule has 2 aliphatic carbocycles. The van der Waals surface area contributed by atoms with E-state index in [2.05, 4.69) is 47.4 Å². The molecule has 2 aliphatic rings. The van der Waals surface area contributed by atoms with Crippen molar-refractivity contribution in [3.63, 3.8) is 0 Å². The van der Waals surface area contributed by atoms with Crippen molar-refractivity contribution in [2.24, 2.45) is 5.92 Å². The summed E-state index contributed by atoms with van der Waals surface area (Å²) in [4.78, 5) is 19.4. The smallest absolute Gasteiger partial charge is 0.182 e. The van der Waals surface area contributed by atoms with Crippen molar-refractivity contribution in [2.75, 3.05) is 0 Å². The van der Waals surface area contributed by atoms with Gasteiger partial charge in [0, 0.05) is 15.5 Å². The third-order valence-electron chi connectivity index (χ3n) is 6.81. The second-order valence-corrected chi connectivity index (χ2v) is 9.81. The standard InChI is InChI=1S/C25H24N2OS/c28-25(24-21(16-5-6-16)12-11-20-14-26-15-27(20)24)18-9-7-17(8-10-18)23-13-19-3-1-2-4-22(19)29-23/h1-4,11-18H,5-10H2. The molecule has 3 heterocycles. The molecule has 0 bridgehead atoms. The highest BCUT2D eigenvalue weighted by molar-refractivity contribution is 7.19. The van der Waals surface area contributed by atoms with E-state index in [1.807, 2.05) is 28.3 Å². The number of Topliss-reactive ketones (excluding diaryl/α,β-unsaturated/α-hetero) is 1. The number of hydrogen-bond donors (Lipinski definition) is 0. The fourth-order valence-electron chi connectivity index (χ4n) is 5.03. The molecule has 4 aromatic rings. The molecular weight excluding hydrogens is 376 g/mol. The number of imidazole rings is 1. The number of hydrogen-bond acceptors (Lipinski definition) is 3. The topological polar surface area (TPSA) is 34.4 Å².